The summed E-state index contributed by atoms with van der Waals surface area (Å²) in [6, 6.07) is 17.4. The number of halogens is 3. The van der Waals surface area contributed by atoms with E-state index in [4.69, 9.17) is 27.9 Å². The van der Waals surface area contributed by atoms with Gasteiger partial charge >= 0.3 is 0 Å². The smallest absolute Gasteiger partial charge is 0.157 e. The maximum Gasteiger partial charge on any atom is 0.157 e. The fraction of sp³-hybridized carbons (Fsp3) is 0.0952. The van der Waals surface area contributed by atoms with Crippen molar-refractivity contribution in [3.63, 3.8) is 0 Å². The molecular weight excluding hydrogens is 372 g/mol. The lowest BCUT2D eigenvalue weighted by Crippen LogP contribution is -1.97. The Hall–Kier alpha value is -2.36. The average Bonchev–Trinajstić information content (AvgIpc) is 2.62. The van der Waals surface area contributed by atoms with Gasteiger partial charge in [-0.25, -0.2) is 4.39 Å². The van der Waals surface area contributed by atoms with E-state index in [0.717, 1.165) is 22.4 Å². The Kier molecular flexibility index (Phi) is 5.92. The summed E-state index contributed by atoms with van der Waals surface area (Å²) < 4.78 is 18.6. The van der Waals surface area contributed by atoms with E-state index in [1.54, 1.807) is 30.5 Å². The molecule has 3 rings (SSSR count). The predicted octanol–water partition coefficient (Wildman–Crippen LogP) is 6.77. The van der Waals surface area contributed by atoms with Gasteiger partial charge in [-0.2, -0.15) is 0 Å². The molecule has 0 saturated heterocycles. The quantitative estimate of drug-likeness (QED) is 0.442. The Morgan fingerprint density at radius 1 is 1.00 bits per heavy atom. The zero-order valence-electron chi connectivity index (χ0n) is 14.0. The molecule has 132 valence electrons. The molecule has 0 aromatic heterocycles. The summed E-state index contributed by atoms with van der Waals surface area (Å²) in [5.74, 6) is 0.104. The van der Waals surface area contributed by atoms with Crippen LogP contribution in [-0.2, 0) is 6.61 Å². The maximum absolute atomic E-state index is 12.9. The van der Waals surface area contributed by atoms with Crippen molar-refractivity contribution in [2.45, 2.75) is 13.5 Å². The zero-order chi connectivity index (χ0) is 18.5. The van der Waals surface area contributed by atoms with Crippen molar-refractivity contribution in [3.05, 3.63) is 93.2 Å². The lowest BCUT2D eigenvalue weighted by molar-refractivity contribution is 0.306. The summed E-state index contributed by atoms with van der Waals surface area (Å²) in [4.78, 5) is 4.47. The molecule has 0 unspecified atom stereocenters. The molecule has 0 fully saturated rings. The van der Waals surface area contributed by atoms with Crippen LogP contribution in [0.5, 0.6) is 5.75 Å². The summed E-state index contributed by atoms with van der Waals surface area (Å²) >= 11 is 12.6. The van der Waals surface area contributed by atoms with Crippen LogP contribution in [-0.4, -0.2) is 6.21 Å². The van der Waals surface area contributed by atoms with Crippen molar-refractivity contribution < 1.29 is 9.13 Å². The van der Waals surface area contributed by atoms with Gasteiger partial charge in [-0.05, 0) is 53.9 Å². The molecule has 3 aromatic carbocycles. The molecular formula is C21H16Cl2FNO. The fourth-order valence-electron chi connectivity index (χ4n) is 2.38. The van der Waals surface area contributed by atoms with Crippen LogP contribution in [0.25, 0.3) is 0 Å². The van der Waals surface area contributed by atoms with Crippen molar-refractivity contribution in [2.75, 3.05) is 0 Å². The van der Waals surface area contributed by atoms with Gasteiger partial charge in [-0.15, -0.1) is 0 Å². The second-order valence-corrected chi connectivity index (χ2v) is 6.59. The van der Waals surface area contributed by atoms with E-state index in [-0.39, 0.29) is 12.4 Å². The highest BCUT2D eigenvalue weighted by Crippen LogP contribution is 2.34. The summed E-state index contributed by atoms with van der Waals surface area (Å²) in [7, 11) is 0. The lowest BCUT2D eigenvalue weighted by Gasteiger charge is -2.11. The monoisotopic (exact) mass is 387 g/mol. The summed E-state index contributed by atoms with van der Waals surface area (Å²) in [6.45, 7) is 2.25. The number of ether oxygens (including phenoxy) is 1. The Morgan fingerprint density at radius 3 is 2.31 bits per heavy atom. The maximum atomic E-state index is 12.9. The van der Waals surface area contributed by atoms with Crippen molar-refractivity contribution in [1.29, 1.82) is 0 Å². The van der Waals surface area contributed by atoms with Gasteiger partial charge < -0.3 is 4.74 Å². The van der Waals surface area contributed by atoms with Gasteiger partial charge in [0.1, 0.15) is 12.4 Å². The number of aliphatic imine (C=N–C) groups is 1. The summed E-state index contributed by atoms with van der Waals surface area (Å²) in [6.07, 6.45) is 1.71. The number of nitrogens with zero attached hydrogens (tertiary/aromatic N) is 1. The number of benzene rings is 3. The van der Waals surface area contributed by atoms with Gasteiger partial charge in [0.2, 0.25) is 0 Å². The molecule has 0 aliphatic heterocycles. The van der Waals surface area contributed by atoms with Crippen LogP contribution in [0.4, 0.5) is 10.1 Å². The highest BCUT2D eigenvalue weighted by Gasteiger charge is 2.10. The first-order valence-electron chi connectivity index (χ1n) is 7.99. The zero-order valence-corrected chi connectivity index (χ0v) is 15.6. The molecule has 0 bridgehead atoms. The van der Waals surface area contributed by atoms with Gasteiger partial charge in [0.05, 0.1) is 15.7 Å². The molecule has 0 spiro atoms. The molecule has 0 aliphatic carbocycles. The molecule has 3 aromatic rings. The van der Waals surface area contributed by atoms with Crippen molar-refractivity contribution in [3.8, 4) is 5.75 Å². The predicted molar refractivity (Wildman–Crippen MR) is 106 cm³/mol. The normalized spacial score (nSPS) is 11.1. The van der Waals surface area contributed by atoms with E-state index >= 15 is 0 Å². The first-order chi connectivity index (χ1) is 12.5. The second-order valence-electron chi connectivity index (χ2n) is 5.77. The van der Waals surface area contributed by atoms with E-state index < -0.39 is 0 Å². The van der Waals surface area contributed by atoms with E-state index in [9.17, 15) is 4.39 Å². The molecule has 5 heteroatoms. The largest absolute Gasteiger partial charge is 0.486 e. The van der Waals surface area contributed by atoms with Crippen LogP contribution in [0.1, 0.15) is 16.7 Å². The average molecular weight is 388 g/mol. The molecule has 0 radical (unpaired) electrons. The third-order valence-corrected chi connectivity index (χ3v) is 4.35. The van der Waals surface area contributed by atoms with Gasteiger partial charge in [0.15, 0.2) is 5.75 Å². The third-order valence-electron chi connectivity index (χ3n) is 3.79. The molecule has 0 saturated carbocycles. The summed E-state index contributed by atoms with van der Waals surface area (Å²) in [5.41, 5.74) is 3.57. The second kappa shape index (κ2) is 8.35. The van der Waals surface area contributed by atoms with Crippen LogP contribution in [0.15, 0.2) is 65.7 Å². The SMILES string of the molecule is Cc1ccccc1N=Cc1cc(Cl)c(OCc2ccc(F)cc2)c(Cl)c1. The third kappa shape index (κ3) is 4.63. The van der Waals surface area contributed by atoms with Gasteiger partial charge in [0.25, 0.3) is 0 Å². The van der Waals surface area contributed by atoms with Crippen molar-refractivity contribution >= 4 is 35.1 Å². The minimum absolute atomic E-state index is 0.246. The number of rotatable bonds is 5. The number of aryl methyl sites for hydroxylation is 1. The Morgan fingerprint density at radius 2 is 1.65 bits per heavy atom. The van der Waals surface area contributed by atoms with Gasteiger partial charge in [-0.1, -0.05) is 53.5 Å². The first kappa shape index (κ1) is 18.4. The number of para-hydroxylation sites is 1. The molecule has 0 aliphatic rings. The lowest BCUT2D eigenvalue weighted by atomic mass is 10.2. The minimum atomic E-state index is -0.290. The summed E-state index contributed by atoms with van der Waals surface area (Å²) in [5, 5.41) is 0.789. The van der Waals surface area contributed by atoms with Crippen LogP contribution < -0.4 is 4.74 Å². The van der Waals surface area contributed by atoms with E-state index in [1.807, 2.05) is 31.2 Å². The van der Waals surface area contributed by atoms with E-state index in [0.29, 0.717) is 15.8 Å². The highest BCUT2D eigenvalue weighted by atomic mass is 35.5. The Labute approximate surface area is 161 Å². The topological polar surface area (TPSA) is 21.6 Å². The van der Waals surface area contributed by atoms with Crippen LogP contribution in [0, 0.1) is 12.7 Å². The van der Waals surface area contributed by atoms with Crippen molar-refractivity contribution in [2.24, 2.45) is 4.99 Å². The van der Waals surface area contributed by atoms with Crippen LogP contribution in [0.3, 0.4) is 0 Å². The molecule has 0 amide bonds. The number of hydrogen-bond acceptors (Lipinski definition) is 2. The van der Waals surface area contributed by atoms with E-state index in [2.05, 4.69) is 4.99 Å². The minimum Gasteiger partial charge on any atom is -0.486 e. The fourth-order valence-corrected chi connectivity index (χ4v) is 2.99. The van der Waals surface area contributed by atoms with Crippen LogP contribution >= 0.6 is 23.2 Å². The van der Waals surface area contributed by atoms with Gasteiger partial charge in [-0.3, -0.25) is 4.99 Å². The molecule has 0 N–H and O–H groups in total. The number of hydrogen-bond donors (Lipinski definition) is 0. The molecule has 2 nitrogen and oxygen atoms in total. The Bertz CT molecular complexity index is 916. The highest BCUT2D eigenvalue weighted by molar-refractivity contribution is 6.37. The first-order valence-corrected chi connectivity index (χ1v) is 8.74. The molecule has 0 heterocycles. The van der Waals surface area contributed by atoms with E-state index in [1.165, 1.54) is 12.1 Å². The van der Waals surface area contributed by atoms with Crippen molar-refractivity contribution in [1.82, 2.24) is 0 Å². The molecule has 0 atom stereocenters. The van der Waals surface area contributed by atoms with Gasteiger partial charge in [0, 0.05) is 6.21 Å². The molecule has 26 heavy (non-hydrogen) atoms. The Balaban J connectivity index is 1.75. The standard InChI is InChI=1S/C21H16Cl2FNO/c1-14-4-2-3-5-20(14)25-12-16-10-18(22)21(19(23)11-16)26-13-15-6-8-17(24)9-7-15/h2-12H,13H2,1H3. The van der Waals surface area contributed by atoms with Crippen LogP contribution in [0.2, 0.25) is 10.0 Å².